The number of rotatable bonds is 2. The molecule has 1 fully saturated rings. The molecule has 1 saturated heterocycles. The van der Waals surface area contributed by atoms with Gasteiger partial charge in [0.2, 0.25) is 0 Å². The first-order valence-electron chi connectivity index (χ1n) is 5.35. The monoisotopic (exact) mass is 209 g/mol. The predicted octanol–water partition coefficient (Wildman–Crippen LogP) is 2.30. The van der Waals surface area contributed by atoms with E-state index in [4.69, 9.17) is 4.74 Å². The SMILES string of the molecule is COc1ccc(F)cc1[C@H]1CCCNC1. The molecule has 0 amide bonds. The molecule has 3 heteroatoms. The predicted molar refractivity (Wildman–Crippen MR) is 57.8 cm³/mol. The van der Waals surface area contributed by atoms with Gasteiger partial charge in [-0.15, -0.1) is 0 Å². The first-order valence-corrected chi connectivity index (χ1v) is 5.35. The number of methoxy groups -OCH3 is 1. The average molecular weight is 209 g/mol. The van der Waals surface area contributed by atoms with Gasteiger partial charge in [-0.1, -0.05) is 0 Å². The molecule has 0 unspecified atom stereocenters. The molecule has 0 aliphatic carbocycles. The molecular formula is C12H16FNO. The highest BCUT2D eigenvalue weighted by molar-refractivity contribution is 5.37. The summed E-state index contributed by atoms with van der Waals surface area (Å²) >= 11 is 0. The lowest BCUT2D eigenvalue weighted by Gasteiger charge is -2.24. The van der Waals surface area contributed by atoms with Crippen LogP contribution in [0.15, 0.2) is 18.2 Å². The summed E-state index contributed by atoms with van der Waals surface area (Å²) < 4.78 is 18.4. The number of hydrogen-bond donors (Lipinski definition) is 1. The molecule has 2 rings (SSSR count). The van der Waals surface area contributed by atoms with Crippen molar-refractivity contribution >= 4 is 0 Å². The van der Waals surface area contributed by atoms with E-state index in [2.05, 4.69) is 5.32 Å². The zero-order valence-electron chi connectivity index (χ0n) is 8.92. The first kappa shape index (κ1) is 10.4. The van der Waals surface area contributed by atoms with Crippen molar-refractivity contribution in [1.29, 1.82) is 0 Å². The number of nitrogens with one attached hydrogen (secondary N) is 1. The molecule has 0 aromatic heterocycles. The minimum atomic E-state index is -0.184. The van der Waals surface area contributed by atoms with E-state index in [1.54, 1.807) is 19.2 Å². The van der Waals surface area contributed by atoms with Crippen molar-refractivity contribution in [3.63, 3.8) is 0 Å². The molecule has 0 saturated carbocycles. The molecule has 2 nitrogen and oxygen atoms in total. The number of ether oxygens (including phenoxy) is 1. The number of piperidine rings is 1. The maximum absolute atomic E-state index is 13.2. The zero-order chi connectivity index (χ0) is 10.7. The number of hydrogen-bond acceptors (Lipinski definition) is 2. The summed E-state index contributed by atoms with van der Waals surface area (Å²) in [5, 5.41) is 3.33. The summed E-state index contributed by atoms with van der Waals surface area (Å²) in [5.74, 6) is 0.992. The highest BCUT2D eigenvalue weighted by atomic mass is 19.1. The van der Waals surface area contributed by atoms with Gasteiger partial charge >= 0.3 is 0 Å². The van der Waals surface area contributed by atoms with Crippen LogP contribution >= 0.6 is 0 Å². The van der Waals surface area contributed by atoms with Crippen LogP contribution in [0.2, 0.25) is 0 Å². The minimum Gasteiger partial charge on any atom is -0.496 e. The summed E-state index contributed by atoms with van der Waals surface area (Å²) in [6.45, 7) is 1.98. The zero-order valence-corrected chi connectivity index (χ0v) is 8.92. The van der Waals surface area contributed by atoms with Crippen LogP contribution in [0.5, 0.6) is 5.75 Å². The molecule has 1 aromatic rings. The largest absolute Gasteiger partial charge is 0.496 e. The molecule has 15 heavy (non-hydrogen) atoms. The highest BCUT2D eigenvalue weighted by Gasteiger charge is 2.19. The number of halogens is 1. The third kappa shape index (κ3) is 2.29. The van der Waals surface area contributed by atoms with Gasteiger partial charge in [0.05, 0.1) is 7.11 Å². The normalized spacial score (nSPS) is 21.3. The Hall–Kier alpha value is -1.09. The van der Waals surface area contributed by atoms with Crippen molar-refractivity contribution in [1.82, 2.24) is 5.32 Å². The van der Waals surface area contributed by atoms with Gasteiger partial charge in [0, 0.05) is 18.0 Å². The molecule has 0 bridgehead atoms. The summed E-state index contributed by atoms with van der Waals surface area (Å²) in [5.41, 5.74) is 0.990. The third-order valence-electron chi connectivity index (χ3n) is 2.93. The van der Waals surface area contributed by atoms with E-state index in [9.17, 15) is 4.39 Å². The van der Waals surface area contributed by atoms with E-state index >= 15 is 0 Å². The van der Waals surface area contributed by atoms with E-state index < -0.39 is 0 Å². The standard InChI is InChI=1S/C12H16FNO/c1-15-12-5-4-10(13)7-11(12)9-3-2-6-14-8-9/h4-5,7,9,14H,2-3,6,8H2,1H3/t9-/m0/s1. The van der Waals surface area contributed by atoms with Gasteiger partial charge in [-0.2, -0.15) is 0 Å². The number of benzene rings is 1. The smallest absolute Gasteiger partial charge is 0.123 e. The van der Waals surface area contributed by atoms with E-state index in [-0.39, 0.29) is 5.82 Å². The fourth-order valence-electron chi connectivity index (χ4n) is 2.14. The molecule has 82 valence electrons. The molecule has 0 spiro atoms. The fraction of sp³-hybridized carbons (Fsp3) is 0.500. The Kier molecular flexibility index (Phi) is 3.21. The summed E-state index contributed by atoms with van der Waals surface area (Å²) in [4.78, 5) is 0. The Morgan fingerprint density at radius 1 is 1.47 bits per heavy atom. The fourth-order valence-corrected chi connectivity index (χ4v) is 2.14. The molecule has 1 atom stereocenters. The summed E-state index contributed by atoms with van der Waals surface area (Å²) in [6.07, 6.45) is 2.25. The third-order valence-corrected chi connectivity index (χ3v) is 2.93. The van der Waals surface area contributed by atoms with Crippen LogP contribution in [0.4, 0.5) is 4.39 Å². The van der Waals surface area contributed by atoms with Crippen molar-refractivity contribution in [3.05, 3.63) is 29.6 Å². The average Bonchev–Trinajstić information content (AvgIpc) is 2.30. The van der Waals surface area contributed by atoms with E-state index in [0.29, 0.717) is 5.92 Å². The van der Waals surface area contributed by atoms with Gasteiger partial charge < -0.3 is 10.1 Å². The van der Waals surface area contributed by atoms with Gasteiger partial charge in [0.25, 0.3) is 0 Å². The van der Waals surface area contributed by atoms with Crippen molar-refractivity contribution in [2.24, 2.45) is 0 Å². The van der Waals surface area contributed by atoms with Gasteiger partial charge in [-0.05, 0) is 37.6 Å². The van der Waals surface area contributed by atoms with Gasteiger partial charge in [0.1, 0.15) is 11.6 Å². The van der Waals surface area contributed by atoms with Gasteiger partial charge in [-0.25, -0.2) is 4.39 Å². The first-order chi connectivity index (χ1) is 7.31. The van der Waals surface area contributed by atoms with Crippen molar-refractivity contribution < 1.29 is 9.13 Å². The Bertz CT molecular complexity index is 334. The lowest BCUT2D eigenvalue weighted by atomic mass is 9.91. The minimum absolute atomic E-state index is 0.184. The van der Waals surface area contributed by atoms with E-state index in [0.717, 1.165) is 37.2 Å². The van der Waals surface area contributed by atoms with Crippen LogP contribution in [-0.4, -0.2) is 20.2 Å². The molecule has 0 radical (unpaired) electrons. The van der Waals surface area contributed by atoms with Crippen LogP contribution in [0.3, 0.4) is 0 Å². The second-order valence-electron chi connectivity index (χ2n) is 3.93. The summed E-state index contributed by atoms with van der Waals surface area (Å²) in [6, 6.07) is 4.74. The second kappa shape index (κ2) is 4.62. The lowest BCUT2D eigenvalue weighted by Crippen LogP contribution is -2.28. The van der Waals surface area contributed by atoms with E-state index in [1.165, 1.54) is 6.07 Å². The second-order valence-corrected chi connectivity index (χ2v) is 3.93. The Morgan fingerprint density at radius 2 is 2.33 bits per heavy atom. The maximum atomic E-state index is 13.2. The van der Waals surface area contributed by atoms with Crippen molar-refractivity contribution in [2.75, 3.05) is 20.2 Å². The van der Waals surface area contributed by atoms with Crippen LogP contribution < -0.4 is 10.1 Å². The van der Waals surface area contributed by atoms with Crippen molar-refractivity contribution in [3.8, 4) is 5.75 Å². The Balaban J connectivity index is 2.27. The lowest BCUT2D eigenvalue weighted by molar-refractivity contribution is 0.390. The van der Waals surface area contributed by atoms with Crippen LogP contribution in [-0.2, 0) is 0 Å². The Morgan fingerprint density at radius 3 is 3.00 bits per heavy atom. The maximum Gasteiger partial charge on any atom is 0.123 e. The quantitative estimate of drug-likeness (QED) is 0.807. The molecule has 1 aliphatic rings. The molecular weight excluding hydrogens is 193 g/mol. The van der Waals surface area contributed by atoms with Gasteiger partial charge in [-0.3, -0.25) is 0 Å². The van der Waals surface area contributed by atoms with Crippen molar-refractivity contribution in [2.45, 2.75) is 18.8 Å². The van der Waals surface area contributed by atoms with Crippen LogP contribution in [0, 0.1) is 5.82 Å². The van der Waals surface area contributed by atoms with Gasteiger partial charge in [0.15, 0.2) is 0 Å². The Labute approximate surface area is 89.4 Å². The van der Waals surface area contributed by atoms with Crippen LogP contribution in [0.25, 0.3) is 0 Å². The van der Waals surface area contributed by atoms with E-state index in [1.807, 2.05) is 0 Å². The molecule has 1 N–H and O–H groups in total. The molecule has 1 aliphatic heterocycles. The topological polar surface area (TPSA) is 21.3 Å². The molecule has 1 aromatic carbocycles. The highest BCUT2D eigenvalue weighted by Crippen LogP contribution is 2.31. The summed E-state index contributed by atoms with van der Waals surface area (Å²) in [7, 11) is 1.63. The molecule has 1 heterocycles. The van der Waals surface area contributed by atoms with Crippen LogP contribution in [0.1, 0.15) is 24.3 Å².